The molecule has 0 aliphatic heterocycles. The van der Waals surface area contributed by atoms with Gasteiger partial charge in [0.1, 0.15) is 6.54 Å². The lowest BCUT2D eigenvalue weighted by Crippen LogP contribution is -2.27. The number of carbonyl (C=O) groups is 1. The number of nitrogens with zero attached hydrogens (tertiary/aromatic N) is 2. The van der Waals surface area contributed by atoms with Crippen molar-refractivity contribution in [3.05, 3.63) is 58.3 Å². The number of aromatic nitrogens is 2. The molecule has 2 aromatic rings. The van der Waals surface area contributed by atoms with Crippen LogP contribution in [0.4, 0.5) is 5.69 Å². The molecule has 0 fully saturated rings. The van der Waals surface area contributed by atoms with Gasteiger partial charge in [-0.05, 0) is 30.0 Å². The van der Waals surface area contributed by atoms with Crippen molar-refractivity contribution in [1.82, 2.24) is 9.55 Å². The van der Waals surface area contributed by atoms with Gasteiger partial charge in [0, 0.05) is 17.4 Å². The Balaban J connectivity index is 2.02. The molecule has 0 unspecified atom stereocenters. The summed E-state index contributed by atoms with van der Waals surface area (Å²) in [5, 5.41) is 2.79. The Kier molecular flexibility index (Phi) is 5.09. The van der Waals surface area contributed by atoms with Crippen LogP contribution < -0.4 is 10.9 Å². The van der Waals surface area contributed by atoms with Gasteiger partial charge in [-0.25, -0.2) is 4.98 Å². The number of benzene rings is 1. The third-order valence-electron chi connectivity index (χ3n) is 3.47. The van der Waals surface area contributed by atoms with Crippen molar-refractivity contribution in [3.63, 3.8) is 0 Å². The summed E-state index contributed by atoms with van der Waals surface area (Å²) in [6.45, 7) is 6.13. The van der Waals surface area contributed by atoms with E-state index in [1.807, 2.05) is 31.2 Å². The summed E-state index contributed by atoms with van der Waals surface area (Å²) in [5.41, 5.74) is 2.46. The van der Waals surface area contributed by atoms with Crippen LogP contribution in [-0.4, -0.2) is 15.5 Å². The maximum absolute atomic E-state index is 12.0. The fourth-order valence-corrected chi connectivity index (χ4v) is 2.08. The van der Waals surface area contributed by atoms with E-state index >= 15 is 0 Å². The molecule has 1 heterocycles. The van der Waals surface area contributed by atoms with Crippen molar-refractivity contribution in [2.24, 2.45) is 0 Å². The van der Waals surface area contributed by atoms with Gasteiger partial charge in [-0.2, -0.15) is 0 Å². The highest BCUT2D eigenvalue weighted by molar-refractivity contribution is 5.90. The first-order chi connectivity index (χ1) is 10.5. The first-order valence-electron chi connectivity index (χ1n) is 7.44. The maximum Gasteiger partial charge on any atom is 0.253 e. The van der Waals surface area contributed by atoms with Gasteiger partial charge in [0.15, 0.2) is 0 Å². The average Bonchev–Trinajstić information content (AvgIpc) is 2.49. The monoisotopic (exact) mass is 299 g/mol. The summed E-state index contributed by atoms with van der Waals surface area (Å²) in [6, 6.07) is 9.18. The Morgan fingerprint density at radius 1 is 1.27 bits per heavy atom. The van der Waals surface area contributed by atoms with Crippen molar-refractivity contribution in [1.29, 1.82) is 0 Å². The standard InChI is InChI=1S/C17H21N3O2/c1-4-14-9-17(22)20(11-18-14)10-16(21)19-15-7-5-13(6-8-15)12(2)3/h5-9,11-12H,4,10H2,1-3H3,(H,19,21). The second-order valence-electron chi connectivity index (χ2n) is 5.52. The third kappa shape index (κ3) is 4.04. The number of hydrogen-bond donors (Lipinski definition) is 1. The average molecular weight is 299 g/mol. The van der Waals surface area contributed by atoms with Crippen LogP contribution in [0.5, 0.6) is 0 Å². The maximum atomic E-state index is 12.0. The first kappa shape index (κ1) is 15.9. The SMILES string of the molecule is CCc1cc(=O)n(CC(=O)Nc2ccc(C(C)C)cc2)cn1. The Labute approximate surface area is 130 Å². The van der Waals surface area contributed by atoms with E-state index in [2.05, 4.69) is 24.1 Å². The molecule has 0 saturated carbocycles. The molecule has 1 amide bonds. The summed E-state index contributed by atoms with van der Waals surface area (Å²) in [5.74, 6) is 0.205. The van der Waals surface area contributed by atoms with Gasteiger partial charge in [0.05, 0.1) is 6.33 Å². The Morgan fingerprint density at radius 2 is 1.95 bits per heavy atom. The highest BCUT2D eigenvalue weighted by Crippen LogP contribution is 2.17. The summed E-state index contributed by atoms with van der Waals surface area (Å²) in [6.07, 6.45) is 2.12. The molecule has 1 aromatic carbocycles. The highest BCUT2D eigenvalue weighted by atomic mass is 16.2. The van der Waals surface area contributed by atoms with Crippen LogP contribution >= 0.6 is 0 Å². The number of carbonyl (C=O) groups excluding carboxylic acids is 1. The lowest BCUT2D eigenvalue weighted by molar-refractivity contribution is -0.116. The second kappa shape index (κ2) is 7.02. The van der Waals surface area contributed by atoms with Crippen molar-refractivity contribution in [3.8, 4) is 0 Å². The van der Waals surface area contributed by atoms with Crippen LogP contribution in [0.2, 0.25) is 0 Å². The van der Waals surface area contributed by atoms with Crippen molar-refractivity contribution < 1.29 is 4.79 Å². The van der Waals surface area contributed by atoms with Gasteiger partial charge >= 0.3 is 0 Å². The molecule has 0 atom stereocenters. The molecule has 5 nitrogen and oxygen atoms in total. The Hall–Kier alpha value is -2.43. The Bertz CT molecular complexity index is 703. The lowest BCUT2D eigenvalue weighted by atomic mass is 10.0. The number of rotatable bonds is 5. The molecule has 22 heavy (non-hydrogen) atoms. The minimum atomic E-state index is -0.245. The van der Waals surface area contributed by atoms with Crippen molar-refractivity contribution >= 4 is 11.6 Å². The van der Waals surface area contributed by atoms with E-state index in [1.165, 1.54) is 22.5 Å². The summed E-state index contributed by atoms with van der Waals surface area (Å²) in [7, 11) is 0. The highest BCUT2D eigenvalue weighted by Gasteiger charge is 2.06. The fraction of sp³-hybridized carbons (Fsp3) is 0.353. The molecular formula is C17H21N3O2. The molecular weight excluding hydrogens is 278 g/mol. The van der Waals surface area contributed by atoms with E-state index in [1.54, 1.807) is 0 Å². The fourth-order valence-electron chi connectivity index (χ4n) is 2.08. The molecule has 116 valence electrons. The molecule has 0 aliphatic rings. The van der Waals surface area contributed by atoms with Gasteiger partial charge < -0.3 is 5.32 Å². The van der Waals surface area contributed by atoms with E-state index < -0.39 is 0 Å². The van der Waals surface area contributed by atoms with Crippen LogP contribution in [0.15, 0.2) is 41.5 Å². The zero-order chi connectivity index (χ0) is 16.1. The molecule has 1 aromatic heterocycles. The van der Waals surface area contributed by atoms with Gasteiger partial charge in [-0.15, -0.1) is 0 Å². The van der Waals surface area contributed by atoms with Gasteiger partial charge in [0.25, 0.3) is 5.56 Å². The normalized spacial score (nSPS) is 10.7. The number of aryl methyl sites for hydroxylation is 1. The van der Waals surface area contributed by atoms with Gasteiger partial charge in [0.2, 0.25) is 5.91 Å². The molecule has 0 radical (unpaired) electrons. The van der Waals surface area contributed by atoms with Crippen molar-refractivity contribution in [2.45, 2.75) is 39.7 Å². The van der Waals surface area contributed by atoms with Crippen molar-refractivity contribution in [2.75, 3.05) is 5.32 Å². The Morgan fingerprint density at radius 3 is 2.50 bits per heavy atom. The first-order valence-corrected chi connectivity index (χ1v) is 7.44. The van der Waals surface area contributed by atoms with Crippen LogP contribution in [0.1, 0.15) is 37.9 Å². The summed E-state index contributed by atoms with van der Waals surface area (Å²) in [4.78, 5) is 28.0. The molecule has 0 spiro atoms. The van der Waals surface area contributed by atoms with E-state index in [9.17, 15) is 9.59 Å². The largest absolute Gasteiger partial charge is 0.325 e. The zero-order valence-corrected chi connectivity index (χ0v) is 13.2. The van der Waals surface area contributed by atoms with Crippen LogP contribution in [0, 0.1) is 0 Å². The minimum Gasteiger partial charge on any atom is -0.325 e. The molecule has 5 heteroatoms. The smallest absolute Gasteiger partial charge is 0.253 e. The second-order valence-corrected chi connectivity index (χ2v) is 5.52. The number of amides is 1. The quantitative estimate of drug-likeness (QED) is 0.923. The van der Waals surface area contributed by atoms with E-state index in [0.29, 0.717) is 12.3 Å². The van der Waals surface area contributed by atoms with E-state index in [0.717, 1.165) is 11.4 Å². The molecule has 0 saturated heterocycles. The lowest BCUT2D eigenvalue weighted by Gasteiger charge is -2.09. The van der Waals surface area contributed by atoms with E-state index in [4.69, 9.17) is 0 Å². The number of anilines is 1. The summed E-state index contributed by atoms with van der Waals surface area (Å²) >= 11 is 0. The zero-order valence-electron chi connectivity index (χ0n) is 13.2. The molecule has 0 aliphatic carbocycles. The predicted octanol–water partition coefficient (Wildman–Crippen LogP) is 2.57. The van der Waals surface area contributed by atoms with Crippen LogP contribution in [0.25, 0.3) is 0 Å². The third-order valence-corrected chi connectivity index (χ3v) is 3.47. The molecule has 0 bridgehead atoms. The number of nitrogens with one attached hydrogen (secondary N) is 1. The topological polar surface area (TPSA) is 64.0 Å². The van der Waals surface area contributed by atoms with Crippen LogP contribution in [-0.2, 0) is 17.8 Å². The molecule has 1 N–H and O–H groups in total. The molecule has 2 rings (SSSR count). The number of hydrogen-bond acceptors (Lipinski definition) is 3. The van der Waals surface area contributed by atoms with Gasteiger partial charge in [-0.1, -0.05) is 32.9 Å². The summed E-state index contributed by atoms with van der Waals surface area (Å²) < 4.78 is 1.30. The van der Waals surface area contributed by atoms with Crippen LogP contribution in [0.3, 0.4) is 0 Å². The van der Waals surface area contributed by atoms with Gasteiger partial charge in [-0.3, -0.25) is 14.2 Å². The predicted molar refractivity (Wildman–Crippen MR) is 87.0 cm³/mol. The minimum absolute atomic E-state index is 0.0399. The van der Waals surface area contributed by atoms with E-state index in [-0.39, 0.29) is 18.0 Å².